The minimum absolute atomic E-state index is 0.474. The fraction of sp³-hybridized carbons (Fsp3) is 0.100. The lowest BCUT2D eigenvalue weighted by atomic mass is 10.2. The third-order valence-electron chi connectivity index (χ3n) is 1.97. The molecule has 1 nitrogen and oxygen atoms in total. The second-order valence-corrected chi connectivity index (χ2v) is 4.26. The summed E-state index contributed by atoms with van der Waals surface area (Å²) in [5, 5.41) is 2.51. The maximum absolute atomic E-state index is 5.98. The van der Waals surface area contributed by atoms with Gasteiger partial charge >= 0.3 is 0 Å². The normalized spacial score (nSPS) is 10.9. The van der Waals surface area contributed by atoms with Crippen LogP contribution in [0.15, 0.2) is 18.2 Å². The van der Waals surface area contributed by atoms with Gasteiger partial charge in [0.2, 0.25) is 0 Å². The summed E-state index contributed by atoms with van der Waals surface area (Å²) in [7, 11) is 0. The molecule has 0 aliphatic rings. The predicted octanol–water partition coefficient (Wildman–Crippen LogP) is 4.50. The monoisotopic (exact) mass is 245 g/mol. The molecule has 0 fully saturated rings. The van der Waals surface area contributed by atoms with Crippen LogP contribution in [0.3, 0.4) is 0 Å². The van der Waals surface area contributed by atoms with Crippen molar-refractivity contribution in [2.75, 3.05) is 0 Å². The van der Waals surface area contributed by atoms with Crippen LogP contribution in [-0.2, 0) is 0 Å². The zero-order valence-corrected chi connectivity index (χ0v) is 9.58. The van der Waals surface area contributed by atoms with E-state index in [0.717, 1.165) is 10.9 Å². The lowest BCUT2D eigenvalue weighted by Gasteiger charge is -2.03. The molecule has 4 heteroatoms. The topological polar surface area (TPSA) is 12.9 Å². The molecule has 0 radical (unpaired) electrons. The van der Waals surface area contributed by atoms with E-state index in [1.807, 2.05) is 19.1 Å². The minimum Gasteiger partial charge on any atom is -0.234 e. The van der Waals surface area contributed by atoms with E-state index < -0.39 is 0 Å². The molecular formula is C10H6Cl3N. The highest BCUT2D eigenvalue weighted by Gasteiger charge is 2.05. The van der Waals surface area contributed by atoms with Crippen LogP contribution in [0.1, 0.15) is 5.56 Å². The number of rotatable bonds is 0. The highest BCUT2D eigenvalue weighted by molar-refractivity contribution is 6.38. The standard InChI is InChI=1S/C10H6Cl3N/c1-5-2-6-3-7(11)4-8(12)9(6)14-10(5)13/h2-4H,1H3. The molecule has 0 bridgehead atoms. The largest absolute Gasteiger partial charge is 0.234 e. The lowest BCUT2D eigenvalue weighted by Crippen LogP contribution is -1.85. The van der Waals surface area contributed by atoms with Gasteiger partial charge in [0, 0.05) is 10.4 Å². The van der Waals surface area contributed by atoms with Gasteiger partial charge in [0.15, 0.2) is 0 Å². The van der Waals surface area contributed by atoms with Gasteiger partial charge in [0.1, 0.15) is 5.15 Å². The Labute approximate surface area is 96.6 Å². The average Bonchev–Trinajstić information content (AvgIpc) is 2.08. The Morgan fingerprint density at radius 1 is 1.07 bits per heavy atom. The summed E-state index contributed by atoms with van der Waals surface area (Å²) in [5.74, 6) is 0. The van der Waals surface area contributed by atoms with Gasteiger partial charge in [-0.05, 0) is 30.7 Å². The zero-order valence-electron chi connectivity index (χ0n) is 7.31. The SMILES string of the molecule is Cc1cc2cc(Cl)cc(Cl)c2nc1Cl. The van der Waals surface area contributed by atoms with Gasteiger partial charge in [-0.15, -0.1) is 0 Å². The van der Waals surface area contributed by atoms with Crippen molar-refractivity contribution in [1.82, 2.24) is 4.98 Å². The summed E-state index contributed by atoms with van der Waals surface area (Å²) in [6, 6.07) is 5.39. The molecule has 0 unspecified atom stereocenters. The van der Waals surface area contributed by atoms with Gasteiger partial charge < -0.3 is 0 Å². The van der Waals surface area contributed by atoms with Crippen LogP contribution >= 0.6 is 34.8 Å². The van der Waals surface area contributed by atoms with Gasteiger partial charge in [-0.1, -0.05) is 34.8 Å². The summed E-state index contributed by atoms with van der Waals surface area (Å²) in [6.45, 7) is 1.89. The van der Waals surface area contributed by atoms with E-state index in [-0.39, 0.29) is 0 Å². The minimum atomic E-state index is 0.474. The molecule has 14 heavy (non-hydrogen) atoms. The summed E-state index contributed by atoms with van der Waals surface area (Å²) in [6.07, 6.45) is 0. The number of halogens is 3. The van der Waals surface area contributed by atoms with Crippen molar-refractivity contribution in [2.45, 2.75) is 6.92 Å². The first-order chi connectivity index (χ1) is 6.58. The van der Waals surface area contributed by atoms with E-state index in [2.05, 4.69) is 4.98 Å². The highest BCUT2D eigenvalue weighted by Crippen LogP contribution is 2.29. The maximum Gasteiger partial charge on any atom is 0.132 e. The number of benzene rings is 1. The first-order valence-corrected chi connectivity index (χ1v) is 5.13. The second-order valence-electron chi connectivity index (χ2n) is 3.06. The molecular weight excluding hydrogens is 240 g/mol. The van der Waals surface area contributed by atoms with Gasteiger partial charge in [-0.2, -0.15) is 0 Å². The lowest BCUT2D eigenvalue weighted by molar-refractivity contribution is 1.33. The highest BCUT2D eigenvalue weighted by atomic mass is 35.5. The number of fused-ring (bicyclic) bond motifs is 1. The van der Waals surface area contributed by atoms with Crippen molar-refractivity contribution < 1.29 is 0 Å². The van der Waals surface area contributed by atoms with Crippen molar-refractivity contribution in [1.29, 1.82) is 0 Å². The summed E-state index contributed by atoms with van der Waals surface area (Å²) in [4.78, 5) is 4.19. The second kappa shape index (κ2) is 3.58. The number of aromatic nitrogens is 1. The van der Waals surface area contributed by atoms with E-state index in [4.69, 9.17) is 34.8 Å². The Morgan fingerprint density at radius 2 is 1.79 bits per heavy atom. The van der Waals surface area contributed by atoms with E-state index >= 15 is 0 Å². The van der Waals surface area contributed by atoms with Crippen LogP contribution < -0.4 is 0 Å². The van der Waals surface area contributed by atoms with Crippen molar-refractivity contribution in [3.05, 3.63) is 39.0 Å². The molecule has 1 heterocycles. The summed E-state index contributed by atoms with van der Waals surface area (Å²) in [5.41, 5.74) is 1.60. The van der Waals surface area contributed by atoms with Crippen LogP contribution in [-0.4, -0.2) is 4.98 Å². The van der Waals surface area contributed by atoms with Gasteiger partial charge in [-0.25, -0.2) is 4.98 Å². The van der Waals surface area contributed by atoms with Crippen molar-refractivity contribution >= 4 is 45.7 Å². The maximum atomic E-state index is 5.98. The molecule has 1 aromatic carbocycles. The third kappa shape index (κ3) is 1.68. The molecule has 2 rings (SSSR count). The molecule has 0 saturated carbocycles. The number of nitrogens with zero attached hydrogens (tertiary/aromatic N) is 1. The molecule has 72 valence electrons. The Morgan fingerprint density at radius 3 is 2.50 bits per heavy atom. The molecule has 0 aliphatic heterocycles. The molecule has 0 saturated heterocycles. The van der Waals surface area contributed by atoms with Crippen molar-refractivity contribution in [3.8, 4) is 0 Å². The number of pyridine rings is 1. The van der Waals surface area contributed by atoms with Crippen LogP contribution in [0.4, 0.5) is 0 Å². The molecule has 0 spiro atoms. The number of aryl methyl sites for hydroxylation is 1. The molecule has 0 amide bonds. The first kappa shape index (κ1) is 10.0. The van der Waals surface area contributed by atoms with Crippen LogP contribution in [0.25, 0.3) is 10.9 Å². The van der Waals surface area contributed by atoms with E-state index in [9.17, 15) is 0 Å². The molecule has 0 N–H and O–H groups in total. The van der Waals surface area contributed by atoms with Crippen molar-refractivity contribution in [3.63, 3.8) is 0 Å². The van der Waals surface area contributed by atoms with Crippen LogP contribution in [0, 0.1) is 6.92 Å². The Hall–Kier alpha value is -0.500. The van der Waals surface area contributed by atoms with Crippen LogP contribution in [0.5, 0.6) is 0 Å². The van der Waals surface area contributed by atoms with Crippen LogP contribution in [0.2, 0.25) is 15.2 Å². The molecule has 0 atom stereocenters. The van der Waals surface area contributed by atoms with Gasteiger partial charge in [-0.3, -0.25) is 0 Å². The van der Waals surface area contributed by atoms with Gasteiger partial charge in [0.05, 0.1) is 10.5 Å². The smallest absolute Gasteiger partial charge is 0.132 e. The van der Waals surface area contributed by atoms with Crippen molar-refractivity contribution in [2.24, 2.45) is 0 Å². The van der Waals surface area contributed by atoms with E-state index in [1.54, 1.807) is 6.07 Å². The molecule has 0 aliphatic carbocycles. The first-order valence-electron chi connectivity index (χ1n) is 4.00. The average molecular weight is 247 g/mol. The Bertz CT molecular complexity index is 508. The summed E-state index contributed by atoms with van der Waals surface area (Å²) < 4.78 is 0. The fourth-order valence-corrected chi connectivity index (χ4v) is 1.98. The summed E-state index contributed by atoms with van der Waals surface area (Å²) >= 11 is 17.7. The third-order valence-corrected chi connectivity index (χ3v) is 2.85. The predicted molar refractivity (Wildman–Crippen MR) is 61.5 cm³/mol. The molecule has 1 aromatic heterocycles. The Kier molecular flexibility index (Phi) is 2.56. The Balaban J connectivity index is 2.89. The molecule has 2 aromatic rings. The van der Waals surface area contributed by atoms with Gasteiger partial charge in [0.25, 0.3) is 0 Å². The number of hydrogen-bond donors (Lipinski definition) is 0. The number of hydrogen-bond acceptors (Lipinski definition) is 1. The fourth-order valence-electron chi connectivity index (χ4n) is 1.29. The quantitative estimate of drug-likeness (QED) is 0.624. The van der Waals surface area contributed by atoms with E-state index in [1.165, 1.54) is 0 Å². The zero-order chi connectivity index (χ0) is 10.3. The van der Waals surface area contributed by atoms with E-state index in [0.29, 0.717) is 20.7 Å².